The van der Waals surface area contributed by atoms with Crippen LogP contribution in [-0.4, -0.2) is 58.2 Å². The molecule has 2 unspecified atom stereocenters. The molecular weight excluding hydrogens is 344 g/mol. The van der Waals surface area contributed by atoms with Crippen LogP contribution in [0.2, 0.25) is 0 Å². The zero-order valence-electron chi connectivity index (χ0n) is 15.5. The van der Waals surface area contributed by atoms with Crippen LogP contribution in [0.1, 0.15) is 77.0 Å². The molecule has 0 bridgehead atoms. The fourth-order valence-corrected chi connectivity index (χ4v) is 2.29. The Morgan fingerprint density at radius 1 is 0.615 bits per heavy atom. The van der Waals surface area contributed by atoms with Gasteiger partial charge in [-0.05, 0) is 38.5 Å². The van der Waals surface area contributed by atoms with Gasteiger partial charge in [0.25, 0.3) is 0 Å². The van der Waals surface area contributed by atoms with Crippen molar-refractivity contribution in [2.45, 2.75) is 89.6 Å². The van der Waals surface area contributed by atoms with E-state index in [1.54, 1.807) is 0 Å². The van der Waals surface area contributed by atoms with Gasteiger partial charge in [-0.1, -0.05) is 12.8 Å². The van der Waals surface area contributed by atoms with Gasteiger partial charge in [0.2, 0.25) is 12.6 Å². The maximum absolute atomic E-state index is 11.5. The molecule has 4 N–H and O–H groups in total. The monoisotopic (exact) mass is 378 g/mol. The lowest BCUT2D eigenvalue weighted by Gasteiger charge is -2.12. The molecule has 0 saturated heterocycles. The summed E-state index contributed by atoms with van der Waals surface area (Å²) in [5.41, 5.74) is 0. The number of hydrogen-bond acceptors (Lipinski definition) is 8. The molecule has 0 fully saturated rings. The number of aliphatic hydroxyl groups excluding tert-OH is 4. The van der Waals surface area contributed by atoms with Crippen LogP contribution in [0.5, 0.6) is 0 Å². The van der Waals surface area contributed by atoms with Gasteiger partial charge in [0, 0.05) is 38.9 Å². The summed E-state index contributed by atoms with van der Waals surface area (Å²) in [5.74, 6) is -1.03. The number of ether oxygens (including phenoxy) is 2. The molecule has 0 aliphatic heterocycles. The molecule has 0 aromatic rings. The third kappa shape index (κ3) is 16.3. The third-order valence-corrected chi connectivity index (χ3v) is 3.77. The standard InChI is InChI=1S/C18H34O8/c19-13-7-1-3-9-15(21)25-17(23)11-5-6-12-18(24)26-16(22)10-4-2-8-14-20/h15-16,19-22H,1-14H2. The molecule has 0 radical (unpaired) electrons. The van der Waals surface area contributed by atoms with E-state index in [2.05, 4.69) is 0 Å². The van der Waals surface area contributed by atoms with Gasteiger partial charge in [-0.3, -0.25) is 9.59 Å². The molecule has 0 saturated carbocycles. The summed E-state index contributed by atoms with van der Waals surface area (Å²) in [7, 11) is 0. The second-order valence-corrected chi connectivity index (χ2v) is 6.24. The average molecular weight is 378 g/mol. The van der Waals surface area contributed by atoms with Crippen LogP contribution in [0.3, 0.4) is 0 Å². The van der Waals surface area contributed by atoms with Gasteiger partial charge in [-0.25, -0.2) is 0 Å². The number of hydrogen-bond donors (Lipinski definition) is 4. The SMILES string of the molecule is O=C(CCCCC(=O)OC(O)CCCCCO)OC(O)CCCCCO. The summed E-state index contributed by atoms with van der Waals surface area (Å²) in [6.07, 6.45) is 3.67. The Kier molecular flexibility index (Phi) is 16.4. The summed E-state index contributed by atoms with van der Waals surface area (Å²) in [6, 6.07) is 0. The summed E-state index contributed by atoms with van der Waals surface area (Å²) in [5, 5.41) is 36.4. The van der Waals surface area contributed by atoms with Crippen molar-refractivity contribution in [2.24, 2.45) is 0 Å². The molecule has 2 atom stereocenters. The van der Waals surface area contributed by atoms with E-state index in [0.717, 1.165) is 12.8 Å². The molecule has 0 aromatic heterocycles. The molecule has 0 heterocycles. The lowest BCUT2D eigenvalue weighted by atomic mass is 10.2. The topological polar surface area (TPSA) is 134 Å². The number of carbonyl (C=O) groups excluding carboxylic acids is 2. The fourth-order valence-electron chi connectivity index (χ4n) is 2.29. The van der Waals surface area contributed by atoms with Gasteiger partial charge in [0.15, 0.2) is 0 Å². The van der Waals surface area contributed by atoms with Gasteiger partial charge >= 0.3 is 11.9 Å². The van der Waals surface area contributed by atoms with E-state index in [1.165, 1.54) is 0 Å². The van der Waals surface area contributed by atoms with E-state index in [0.29, 0.717) is 51.4 Å². The highest BCUT2D eigenvalue weighted by Crippen LogP contribution is 2.10. The van der Waals surface area contributed by atoms with Crippen molar-refractivity contribution in [3.05, 3.63) is 0 Å². The number of rotatable bonds is 17. The predicted octanol–water partition coefficient (Wildman–Crippen LogP) is 1.38. The minimum absolute atomic E-state index is 0.102. The maximum Gasteiger partial charge on any atom is 0.308 e. The fraction of sp³-hybridized carbons (Fsp3) is 0.889. The first-order valence-electron chi connectivity index (χ1n) is 9.46. The van der Waals surface area contributed by atoms with E-state index < -0.39 is 24.5 Å². The first kappa shape index (κ1) is 24.8. The first-order chi connectivity index (χ1) is 12.5. The molecule has 0 aromatic carbocycles. The van der Waals surface area contributed by atoms with Crippen LogP contribution in [-0.2, 0) is 19.1 Å². The Balaban J connectivity index is 3.61. The summed E-state index contributed by atoms with van der Waals surface area (Å²) < 4.78 is 9.69. The van der Waals surface area contributed by atoms with Gasteiger partial charge in [-0.15, -0.1) is 0 Å². The van der Waals surface area contributed by atoms with Gasteiger partial charge < -0.3 is 29.9 Å². The predicted molar refractivity (Wildman–Crippen MR) is 93.8 cm³/mol. The quantitative estimate of drug-likeness (QED) is 0.169. The Morgan fingerprint density at radius 2 is 1.00 bits per heavy atom. The molecule has 154 valence electrons. The largest absolute Gasteiger partial charge is 0.436 e. The van der Waals surface area contributed by atoms with E-state index in [4.69, 9.17) is 19.7 Å². The summed E-state index contributed by atoms with van der Waals surface area (Å²) >= 11 is 0. The van der Waals surface area contributed by atoms with Crippen LogP contribution >= 0.6 is 0 Å². The third-order valence-electron chi connectivity index (χ3n) is 3.77. The smallest absolute Gasteiger partial charge is 0.308 e. The Morgan fingerprint density at radius 3 is 1.35 bits per heavy atom. The number of unbranched alkanes of at least 4 members (excludes halogenated alkanes) is 5. The normalized spacial score (nSPS) is 13.2. The number of aliphatic hydroxyl groups is 4. The van der Waals surface area contributed by atoms with Gasteiger partial charge in [0.05, 0.1) is 0 Å². The molecule has 0 rings (SSSR count). The molecule has 0 aliphatic rings. The first-order valence-corrected chi connectivity index (χ1v) is 9.46. The average Bonchev–Trinajstić information content (AvgIpc) is 2.59. The summed E-state index contributed by atoms with van der Waals surface area (Å²) in [6.45, 7) is 0.220. The maximum atomic E-state index is 11.5. The van der Waals surface area contributed by atoms with Crippen LogP contribution in [0.25, 0.3) is 0 Å². The van der Waals surface area contributed by atoms with Crippen LogP contribution in [0.4, 0.5) is 0 Å². The summed E-state index contributed by atoms with van der Waals surface area (Å²) in [4.78, 5) is 23.1. The van der Waals surface area contributed by atoms with Crippen molar-refractivity contribution in [3.63, 3.8) is 0 Å². The van der Waals surface area contributed by atoms with Crippen molar-refractivity contribution in [2.75, 3.05) is 13.2 Å². The zero-order chi connectivity index (χ0) is 19.6. The molecule has 0 aliphatic carbocycles. The molecule has 8 nitrogen and oxygen atoms in total. The molecular formula is C18H34O8. The Labute approximate surface area is 155 Å². The van der Waals surface area contributed by atoms with E-state index in [-0.39, 0.29) is 26.1 Å². The highest BCUT2D eigenvalue weighted by atomic mass is 16.6. The Hall–Kier alpha value is -1.22. The lowest BCUT2D eigenvalue weighted by Crippen LogP contribution is -2.18. The zero-order valence-corrected chi connectivity index (χ0v) is 15.5. The van der Waals surface area contributed by atoms with Crippen molar-refractivity contribution in [1.82, 2.24) is 0 Å². The minimum atomic E-state index is -1.13. The van der Waals surface area contributed by atoms with E-state index in [1.807, 2.05) is 0 Å². The molecule has 0 spiro atoms. The molecule has 8 heteroatoms. The van der Waals surface area contributed by atoms with Crippen molar-refractivity contribution >= 4 is 11.9 Å². The highest BCUT2D eigenvalue weighted by molar-refractivity contribution is 5.70. The molecule has 0 amide bonds. The highest BCUT2D eigenvalue weighted by Gasteiger charge is 2.13. The Bertz CT molecular complexity index is 327. The second-order valence-electron chi connectivity index (χ2n) is 6.24. The van der Waals surface area contributed by atoms with Crippen molar-refractivity contribution in [3.8, 4) is 0 Å². The van der Waals surface area contributed by atoms with Crippen LogP contribution in [0.15, 0.2) is 0 Å². The van der Waals surface area contributed by atoms with E-state index >= 15 is 0 Å². The van der Waals surface area contributed by atoms with Crippen LogP contribution < -0.4 is 0 Å². The number of esters is 2. The van der Waals surface area contributed by atoms with E-state index in [9.17, 15) is 19.8 Å². The van der Waals surface area contributed by atoms with Crippen molar-refractivity contribution < 1.29 is 39.5 Å². The van der Waals surface area contributed by atoms with Gasteiger partial charge in [-0.2, -0.15) is 0 Å². The minimum Gasteiger partial charge on any atom is -0.436 e. The van der Waals surface area contributed by atoms with Crippen LogP contribution in [0, 0.1) is 0 Å². The van der Waals surface area contributed by atoms with Gasteiger partial charge in [0.1, 0.15) is 0 Å². The van der Waals surface area contributed by atoms with Crippen molar-refractivity contribution in [1.29, 1.82) is 0 Å². The lowest BCUT2D eigenvalue weighted by molar-refractivity contribution is -0.171. The second kappa shape index (κ2) is 17.2. The number of carbonyl (C=O) groups is 2. The molecule has 26 heavy (non-hydrogen) atoms.